The fourth-order valence-corrected chi connectivity index (χ4v) is 4.51. The van der Waals surface area contributed by atoms with Crippen LogP contribution in [0.1, 0.15) is 29.8 Å². The number of rotatable bonds is 13. The number of esters is 2. The van der Waals surface area contributed by atoms with E-state index in [4.69, 9.17) is 23.5 Å². The summed E-state index contributed by atoms with van der Waals surface area (Å²) in [6.07, 6.45) is -2.23. The second-order valence-corrected chi connectivity index (χ2v) is 9.25. The quantitative estimate of drug-likeness (QED) is 0.171. The highest BCUT2D eigenvalue weighted by atomic mass is 79.9. The van der Waals surface area contributed by atoms with Gasteiger partial charge in [0.05, 0.1) is 18.2 Å². The smallest absolute Gasteiger partial charge is 0.438 e. The van der Waals surface area contributed by atoms with Crippen molar-refractivity contribution in [2.45, 2.75) is 32.5 Å². The number of amides is 1. The molecule has 202 valence electrons. The molecule has 12 heteroatoms. The summed E-state index contributed by atoms with van der Waals surface area (Å²) in [7, 11) is -1.97. The van der Waals surface area contributed by atoms with Gasteiger partial charge in [0, 0.05) is 18.3 Å². The Morgan fingerprint density at radius 3 is 2.34 bits per heavy atom. The fourth-order valence-electron chi connectivity index (χ4n) is 3.54. The topological polar surface area (TPSA) is 126 Å². The van der Waals surface area contributed by atoms with Crippen molar-refractivity contribution in [3.8, 4) is 0 Å². The van der Waals surface area contributed by atoms with Crippen LogP contribution in [0.3, 0.4) is 0 Å². The molecular formula is C26H27BrNO9P. The molecular weight excluding hydrogens is 581 g/mol. The van der Waals surface area contributed by atoms with Gasteiger partial charge in [-0.2, -0.15) is 0 Å². The van der Waals surface area contributed by atoms with Crippen LogP contribution in [0, 0.1) is 0 Å². The number of benzene rings is 3. The molecule has 10 nitrogen and oxygen atoms in total. The summed E-state index contributed by atoms with van der Waals surface area (Å²) < 4.78 is 37.6. The van der Waals surface area contributed by atoms with E-state index < -0.39 is 39.6 Å². The predicted molar refractivity (Wildman–Crippen MR) is 143 cm³/mol. The highest BCUT2D eigenvalue weighted by Crippen LogP contribution is 2.28. The molecule has 1 amide bonds. The van der Waals surface area contributed by atoms with E-state index in [1.165, 1.54) is 0 Å². The average molecular weight is 608 g/mol. The Balaban J connectivity index is 1.85. The third-order valence-electron chi connectivity index (χ3n) is 5.19. The van der Waals surface area contributed by atoms with E-state index in [9.17, 15) is 18.9 Å². The number of carbonyl (C=O) groups excluding carboxylic acids is 3. The van der Waals surface area contributed by atoms with E-state index in [0.29, 0.717) is 16.5 Å². The number of hydrogen-bond donors (Lipinski definition) is 1. The monoisotopic (exact) mass is 607 g/mol. The third-order valence-corrected chi connectivity index (χ3v) is 6.43. The van der Waals surface area contributed by atoms with Crippen molar-refractivity contribution in [3.63, 3.8) is 0 Å². The molecule has 1 N–H and O–H groups in total. The first-order valence-corrected chi connectivity index (χ1v) is 13.2. The molecule has 0 fully saturated rings. The lowest BCUT2D eigenvalue weighted by atomic mass is 10.0. The lowest BCUT2D eigenvalue weighted by Crippen LogP contribution is -2.47. The van der Waals surface area contributed by atoms with Crippen molar-refractivity contribution < 1.29 is 42.4 Å². The standard InChI is InChI=1S/C26H27BrNO9P/c1-17(29)33-16-35-26(37-38-32,36-18(2)30)34-15-21(14-19-8-4-3-5-9-19)28-25(31)23-13-12-20-10-6-7-11-22(20)24(23)27/h3-13,21H,14-16,38H2,1-2H3,(H,28,31). The van der Waals surface area contributed by atoms with E-state index in [0.717, 1.165) is 30.2 Å². The molecule has 0 aliphatic rings. The van der Waals surface area contributed by atoms with Crippen LogP contribution in [0.2, 0.25) is 0 Å². The van der Waals surface area contributed by atoms with Crippen LogP contribution < -0.4 is 5.32 Å². The predicted octanol–water partition coefficient (Wildman–Crippen LogP) is 4.36. The van der Waals surface area contributed by atoms with Gasteiger partial charge < -0.3 is 14.8 Å². The summed E-state index contributed by atoms with van der Waals surface area (Å²) >= 11 is 3.53. The van der Waals surface area contributed by atoms with Crippen LogP contribution in [-0.2, 0) is 44.0 Å². The first kappa shape index (κ1) is 29.5. The van der Waals surface area contributed by atoms with E-state index in [1.807, 2.05) is 60.7 Å². The summed E-state index contributed by atoms with van der Waals surface area (Å²) in [5.41, 5.74) is 1.28. The maximum absolute atomic E-state index is 13.3. The van der Waals surface area contributed by atoms with Gasteiger partial charge in [0.2, 0.25) is 6.79 Å². The minimum absolute atomic E-state index is 0.293. The summed E-state index contributed by atoms with van der Waals surface area (Å²) in [6, 6.07) is 19.8. The van der Waals surface area contributed by atoms with Crippen LogP contribution in [0.15, 0.2) is 71.2 Å². The van der Waals surface area contributed by atoms with Crippen molar-refractivity contribution in [1.82, 2.24) is 5.32 Å². The van der Waals surface area contributed by atoms with Crippen LogP contribution in [0.25, 0.3) is 10.8 Å². The van der Waals surface area contributed by atoms with Crippen molar-refractivity contribution in [2.24, 2.45) is 0 Å². The van der Waals surface area contributed by atoms with Crippen LogP contribution in [-0.4, -0.2) is 43.4 Å². The van der Waals surface area contributed by atoms with Crippen LogP contribution in [0.4, 0.5) is 0 Å². The first-order chi connectivity index (χ1) is 18.2. The fraction of sp³-hybridized carbons (Fsp3) is 0.269. The number of hydrogen-bond acceptors (Lipinski definition) is 9. The molecule has 3 rings (SSSR count). The molecule has 0 bridgehead atoms. The maximum Gasteiger partial charge on any atom is 0.471 e. The van der Waals surface area contributed by atoms with Crippen LogP contribution in [0.5, 0.6) is 0 Å². The minimum Gasteiger partial charge on any atom is -0.438 e. The highest BCUT2D eigenvalue weighted by Gasteiger charge is 2.40. The Kier molecular flexibility index (Phi) is 11.0. The van der Waals surface area contributed by atoms with E-state index >= 15 is 0 Å². The number of carbonyl (C=O) groups is 3. The van der Waals surface area contributed by atoms with E-state index in [1.54, 1.807) is 6.07 Å². The number of fused-ring (bicyclic) bond motifs is 1. The lowest BCUT2D eigenvalue weighted by molar-refractivity contribution is -0.462. The lowest BCUT2D eigenvalue weighted by Gasteiger charge is -2.30. The van der Waals surface area contributed by atoms with Gasteiger partial charge in [0.25, 0.3) is 5.91 Å². The SMILES string of the molecule is CC(=O)OCOC(OCC(Cc1ccccc1)NC(=O)c1ccc2ccccc2c1Br)(O[PH2]=O)OC(C)=O. The van der Waals surface area contributed by atoms with E-state index in [2.05, 4.69) is 21.2 Å². The molecule has 38 heavy (non-hydrogen) atoms. The minimum atomic E-state index is -2.55. The number of halogens is 1. The second-order valence-electron chi connectivity index (χ2n) is 8.03. The van der Waals surface area contributed by atoms with Crippen molar-refractivity contribution in [3.05, 3.63) is 82.3 Å². The number of nitrogens with one attached hydrogen (secondary N) is 1. The molecule has 3 aromatic rings. The van der Waals surface area contributed by atoms with Gasteiger partial charge >= 0.3 is 18.1 Å². The second kappa shape index (κ2) is 14.2. The van der Waals surface area contributed by atoms with Gasteiger partial charge in [-0.15, -0.1) is 0 Å². The molecule has 0 aromatic heterocycles. The zero-order valence-corrected chi connectivity index (χ0v) is 23.4. The Morgan fingerprint density at radius 1 is 0.947 bits per heavy atom. The molecule has 3 unspecified atom stereocenters. The third kappa shape index (κ3) is 8.47. The molecule has 0 heterocycles. The highest BCUT2D eigenvalue weighted by molar-refractivity contribution is 9.10. The molecule has 0 saturated carbocycles. The zero-order chi connectivity index (χ0) is 27.5. The zero-order valence-electron chi connectivity index (χ0n) is 20.7. The van der Waals surface area contributed by atoms with Gasteiger partial charge in [-0.05, 0) is 44.8 Å². The molecule has 0 radical (unpaired) electrons. The normalized spacial score (nSPS) is 13.7. The Hall–Kier alpha value is -3.08. The summed E-state index contributed by atoms with van der Waals surface area (Å²) in [5.74, 6) is -1.93. The van der Waals surface area contributed by atoms with Gasteiger partial charge in [-0.3, -0.25) is 28.4 Å². The average Bonchev–Trinajstić information content (AvgIpc) is 2.88. The number of ether oxygens (including phenoxy) is 4. The Labute approximate surface area is 228 Å². The summed E-state index contributed by atoms with van der Waals surface area (Å²) in [4.78, 5) is 36.2. The van der Waals surface area contributed by atoms with Gasteiger partial charge in [0.1, 0.15) is 0 Å². The summed E-state index contributed by atoms with van der Waals surface area (Å²) in [6.45, 7) is 1.21. The van der Waals surface area contributed by atoms with Gasteiger partial charge in [-0.25, -0.2) is 4.52 Å². The van der Waals surface area contributed by atoms with Crippen molar-refractivity contribution >= 4 is 53.2 Å². The maximum atomic E-state index is 13.3. The summed E-state index contributed by atoms with van der Waals surface area (Å²) in [5, 5.41) is 4.76. The van der Waals surface area contributed by atoms with E-state index in [-0.39, 0.29) is 12.5 Å². The van der Waals surface area contributed by atoms with Crippen molar-refractivity contribution in [2.75, 3.05) is 13.4 Å². The molecule has 0 aliphatic carbocycles. The largest absolute Gasteiger partial charge is 0.471 e. The molecule has 3 atom stereocenters. The molecule has 0 saturated heterocycles. The van der Waals surface area contributed by atoms with Crippen molar-refractivity contribution in [1.29, 1.82) is 0 Å². The Bertz CT molecular complexity index is 1290. The van der Waals surface area contributed by atoms with Gasteiger partial charge in [-0.1, -0.05) is 60.7 Å². The van der Waals surface area contributed by atoms with Gasteiger partial charge in [0.15, 0.2) is 8.69 Å². The van der Waals surface area contributed by atoms with Crippen LogP contribution >= 0.6 is 24.6 Å². The Morgan fingerprint density at radius 2 is 1.66 bits per heavy atom. The molecule has 0 spiro atoms. The first-order valence-electron chi connectivity index (χ1n) is 11.5. The molecule has 3 aromatic carbocycles. The molecule has 0 aliphatic heterocycles.